The van der Waals surface area contributed by atoms with Gasteiger partial charge in [0, 0.05) is 0 Å². The highest BCUT2D eigenvalue weighted by molar-refractivity contribution is 7.59. The van der Waals surface area contributed by atoms with E-state index in [9.17, 15) is 4.79 Å². The maximum Gasteiger partial charge on any atom is 0.323 e. The van der Waals surface area contributed by atoms with Crippen LogP contribution in [0.1, 0.15) is 6.92 Å². The molecule has 0 aromatic rings. The van der Waals surface area contributed by atoms with Gasteiger partial charge in [0.2, 0.25) is 0 Å². The molecule has 0 saturated carbocycles. The zero-order chi connectivity index (χ0) is 6.73. The molecule has 0 amide bonds. The number of aliphatic hydroxyl groups is 1. The van der Waals surface area contributed by atoms with Crippen LogP contribution in [0.2, 0.25) is 0 Å². The Kier molecular flexibility index (Phi) is 5.89. The minimum absolute atomic E-state index is 0. The Morgan fingerprint density at radius 3 is 2.00 bits per heavy atom. The fraction of sp³-hybridized carbons (Fsp3) is 0.750. The van der Waals surface area contributed by atoms with E-state index in [2.05, 4.69) is 0 Å². The van der Waals surface area contributed by atoms with E-state index < -0.39 is 18.1 Å². The number of aliphatic carboxylic acids is 1. The molecular formula is C4H11NO3S. The molecule has 0 heterocycles. The lowest BCUT2D eigenvalue weighted by molar-refractivity contribution is -0.140. The van der Waals surface area contributed by atoms with Crippen molar-refractivity contribution in [2.45, 2.75) is 19.1 Å². The van der Waals surface area contributed by atoms with Crippen molar-refractivity contribution >= 4 is 19.5 Å². The minimum Gasteiger partial charge on any atom is -0.480 e. The van der Waals surface area contributed by atoms with Crippen LogP contribution in [0.4, 0.5) is 0 Å². The van der Waals surface area contributed by atoms with Crippen molar-refractivity contribution in [1.82, 2.24) is 0 Å². The largest absolute Gasteiger partial charge is 0.480 e. The summed E-state index contributed by atoms with van der Waals surface area (Å²) in [5.74, 6) is -1.18. The van der Waals surface area contributed by atoms with Gasteiger partial charge in [-0.2, -0.15) is 13.5 Å². The Morgan fingerprint density at radius 1 is 1.67 bits per heavy atom. The van der Waals surface area contributed by atoms with E-state index in [0.717, 1.165) is 0 Å². The maximum atomic E-state index is 9.86. The molecule has 0 aliphatic carbocycles. The highest BCUT2D eigenvalue weighted by Gasteiger charge is 2.16. The molecular weight excluding hydrogens is 142 g/mol. The summed E-state index contributed by atoms with van der Waals surface area (Å²) in [6.07, 6.45) is -0.979. The number of carboxylic acids is 1. The second-order valence-electron chi connectivity index (χ2n) is 1.60. The van der Waals surface area contributed by atoms with E-state index >= 15 is 0 Å². The van der Waals surface area contributed by atoms with E-state index in [1.54, 1.807) is 0 Å². The molecule has 0 rings (SSSR count). The summed E-state index contributed by atoms with van der Waals surface area (Å²) >= 11 is 0. The van der Waals surface area contributed by atoms with Gasteiger partial charge in [-0.1, -0.05) is 0 Å². The lowest BCUT2D eigenvalue weighted by Gasteiger charge is -2.06. The zero-order valence-electron chi connectivity index (χ0n) is 5.03. The molecule has 5 heteroatoms. The Balaban J connectivity index is 0. The van der Waals surface area contributed by atoms with E-state index in [0.29, 0.717) is 0 Å². The number of rotatable bonds is 2. The van der Waals surface area contributed by atoms with Crippen molar-refractivity contribution in [2.75, 3.05) is 0 Å². The van der Waals surface area contributed by atoms with Crippen LogP contribution in [0.25, 0.3) is 0 Å². The summed E-state index contributed by atoms with van der Waals surface area (Å²) in [5, 5.41) is 16.6. The molecule has 4 N–H and O–H groups in total. The highest BCUT2D eigenvalue weighted by atomic mass is 32.1. The first-order chi connectivity index (χ1) is 3.55. The summed E-state index contributed by atoms with van der Waals surface area (Å²) in [7, 11) is 0. The van der Waals surface area contributed by atoms with Crippen molar-refractivity contribution in [1.29, 1.82) is 0 Å². The third kappa shape index (κ3) is 4.26. The SMILES string of the molecule is CC(O)C(N)C(=O)O.S. The lowest BCUT2D eigenvalue weighted by Crippen LogP contribution is -2.39. The van der Waals surface area contributed by atoms with Crippen LogP contribution < -0.4 is 5.73 Å². The Labute approximate surface area is 60.1 Å². The van der Waals surface area contributed by atoms with Crippen LogP contribution in [0.3, 0.4) is 0 Å². The Morgan fingerprint density at radius 2 is 2.00 bits per heavy atom. The first-order valence-electron chi connectivity index (χ1n) is 2.22. The van der Waals surface area contributed by atoms with Gasteiger partial charge in [0.1, 0.15) is 6.04 Å². The van der Waals surface area contributed by atoms with E-state index in [-0.39, 0.29) is 13.5 Å². The molecule has 0 aliphatic heterocycles. The number of hydrogen-bond donors (Lipinski definition) is 3. The van der Waals surface area contributed by atoms with Crippen LogP contribution >= 0.6 is 13.5 Å². The first kappa shape index (κ1) is 11.5. The molecule has 0 spiro atoms. The van der Waals surface area contributed by atoms with Crippen molar-refractivity contribution in [3.05, 3.63) is 0 Å². The van der Waals surface area contributed by atoms with Gasteiger partial charge in [0.05, 0.1) is 6.10 Å². The van der Waals surface area contributed by atoms with Gasteiger partial charge in [0.15, 0.2) is 0 Å². The summed E-state index contributed by atoms with van der Waals surface area (Å²) in [4.78, 5) is 9.86. The van der Waals surface area contributed by atoms with Gasteiger partial charge in [-0.3, -0.25) is 4.79 Å². The second-order valence-corrected chi connectivity index (χ2v) is 1.60. The molecule has 4 nitrogen and oxygen atoms in total. The van der Waals surface area contributed by atoms with Crippen molar-refractivity contribution in [3.8, 4) is 0 Å². The molecule has 2 atom stereocenters. The van der Waals surface area contributed by atoms with Crippen LogP contribution in [0.15, 0.2) is 0 Å². The molecule has 2 unspecified atom stereocenters. The monoisotopic (exact) mass is 153 g/mol. The van der Waals surface area contributed by atoms with E-state index in [1.165, 1.54) is 6.92 Å². The molecule has 0 aromatic carbocycles. The number of hydrogen-bond acceptors (Lipinski definition) is 3. The van der Waals surface area contributed by atoms with Crippen molar-refractivity contribution in [3.63, 3.8) is 0 Å². The number of aliphatic hydroxyl groups excluding tert-OH is 1. The summed E-state index contributed by atoms with van der Waals surface area (Å²) < 4.78 is 0. The van der Waals surface area contributed by atoms with Gasteiger partial charge < -0.3 is 15.9 Å². The smallest absolute Gasteiger partial charge is 0.323 e. The Bertz CT molecular complexity index is 95.8. The number of carboxylic acid groups (broad SMARTS) is 1. The lowest BCUT2D eigenvalue weighted by atomic mass is 10.2. The maximum absolute atomic E-state index is 9.86. The van der Waals surface area contributed by atoms with E-state index in [4.69, 9.17) is 15.9 Å². The minimum atomic E-state index is -1.18. The zero-order valence-corrected chi connectivity index (χ0v) is 6.03. The van der Waals surface area contributed by atoms with Gasteiger partial charge in [-0.25, -0.2) is 0 Å². The third-order valence-electron chi connectivity index (χ3n) is 0.805. The summed E-state index contributed by atoms with van der Waals surface area (Å²) in [5.41, 5.74) is 4.91. The highest BCUT2D eigenvalue weighted by Crippen LogP contribution is 1.85. The van der Waals surface area contributed by atoms with Gasteiger partial charge >= 0.3 is 5.97 Å². The predicted octanol–water partition coefficient (Wildman–Crippen LogP) is -1.11. The molecule has 0 aliphatic rings. The molecule has 0 radical (unpaired) electrons. The van der Waals surface area contributed by atoms with Crippen LogP contribution in [0, 0.1) is 0 Å². The van der Waals surface area contributed by atoms with Crippen LogP contribution in [-0.2, 0) is 4.79 Å². The van der Waals surface area contributed by atoms with E-state index in [1.807, 2.05) is 0 Å². The molecule has 0 fully saturated rings. The summed E-state index contributed by atoms with van der Waals surface area (Å²) in [6.45, 7) is 1.33. The molecule has 9 heavy (non-hydrogen) atoms. The van der Waals surface area contributed by atoms with Crippen molar-refractivity contribution < 1.29 is 15.0 Å². The fourth-order valence-corrected chi connectivity index (χ4v) is 0.206. The van der Waals surface area contributed by atoms with Crippen molar-refractivity contribution in [2.24, 2.45) is 5.73 Å². The average molecular weight is 153 g/mol. The number of nitrogens with two attached hydrogens (primary N) is 1. The quantitative estimate of drug-likeness (QED) is 0.470. The molecule has 0 saturated heterocycles. The van der Waals surface area contributed by atoms with Gasteiger partial charge in [-0.05, 0) is 6.92 Å². The van der Waals surface area contributed by atoms with Crippen LogP contribution in [-0.4, -0.2) is 28.3 Å². The molecule has 0 aromatic heterocycles. The standard InChI is InChI=1S/C4H9NO3.H2S/c1-2(6)3(5)4(7)8;/h2-3,6H,5H2,1H3,(H,7,8);1H2. The van der Waals surface area contributed by atoms with Crippen LogP contribution in [0.5, 0.6) is 0 Å². The average Bonchev–Trinajstić information content (AvgIpc) is 1.64. The first-order valence-corrected chi connectivity index (χ1v) is 2.22. The Hall–Kier alpha value is -0.260. The fourth-order valence-electron chi connectivity index (χ4n) is 0.206. The normalized spacial score (nSPS) is 15.4. The predicted molar refractivity (Wildman–Crippen MR) is 37.7 cm³/mol. The van der Waals surface area contributed by atoms with Gasteiger partial charge in [-0.15, -0.1) is 0 Å². The third-order valence-corrected chi connectivity index (χ3v) is 0.805. The topological polar surface area (TPSA) is 83.5 Å². The van der Waals surface area contributed by atoms with Gasteiger partial charge in [0.25, 0.3) is 0 Å². The summed E-state index contributed by atoms with van der Waals surface area (Å²) in [6, 6.07) is -1.16. The second kappa shape index (κ2) is 4.60. The molecule has 0 bridgehead atoms. The molecule has 56 valence electrons. The number of carbonyl (C=O) groups is 1.